The van der Waals surface area contributed by atoms with Crippen LogP contribution in [0.15, 0.2) is 24.3 Å². The van der Waals surface area contributed by atoms with E-state index in [0.29, 0.717) is 0 Å². The van der Waals surface area contributed by atoms with Gasteiger partial charge in [0.25, 0.3) is 0 Å². The smallest absolute Gasteiger partial charge is 0.249 e. The van der Waals surface area contributed by atoms with Gasteiger partial charge in [-0.2, -0.15) is 0 Å². The highest BCUT2D eigenvalue weighted by atomic mass is 32.1. The summed E-state index contributed by atoms with van der Waals surface area (Å²) in [4.78, 5) is 43.9. The fourth-order valence-electron chi connectivity index (χ4n) is 3.50. The van der Waals surface area contributed by atoms with Gasteiger partial charge in [0, 0.05) is 16.5 Å². The summed E-state index contributed by atoms with van der Waals surface area (Å²) in [5.74, 6) is -0.777. The van der Waals surface area contributed by atoms with Gasteiger partial charge < -0.3 is 4.90 Å². The van der Waals surface area contributed by atoms with Crippen LogP contribution in [0.3, 0.4) is 0 Å². The second kappa shape index (κ2) is 6.88. The number of rotatable bonds is 5. The highest BCUT2D eigenvalue weighted by Crippen LogP contribution is 2.34. The molecule has 1 aliphatic carbocycles. The maximum atomic E-state index is 13.1. The lowest BCUT2D eigenvalue weighted by Crippen LogP contribution is -2.46. The molecule has 140 valence electrons. The van der Waals surface area contributed by atoms with Crippen LogP contribution in [0, 0.1) is 13.8 Å². The largest absolute Gasteiger partial charge is 0.327 e. The predicted molar refractivity (Wildman–Crippen MR) is 102 cm³/mol. The Morgan fingerprint density at radius 1 is 1.22 bits per heavy atom. The Kier molecular flexibility index (Phi) is 4.55. The molecule has 2 fully saturated rings. The Bertz CT molecular complexity index is 915. The minimum atomic E-state index is -0.672. The van der Waals surface area contributed by atoms with Gasteiger partial charge >= 0.3 is 0 Å². The number of benzene rings is 1. The van der Waals surface area contributed by atoms with E-state index in [1.807, 2.05) is 38.1 Å². The quantitative estimate of drug-likeness (QED) is 0.804. The molecule has 1 atom stereocenters. The van der Waals surface area contributed by atoms with Crippen molar-refractivity contribution in [3.05, 3.63) is 39.7 Å². The van der Waals surface area contributed by atoms with E-state index in [1.54, 1.807) is 4.90 Å². The van der Waals surface area contributed by atoms with E-state index in [2.05, 4.69) is 10.3 Å². The van der Waals surface area contributed by atoms with Crippen molar-refractivity contribution in [2.24, 2.45) is 0 Å². The van der Waals surface area contributed by atoms with Crippen molar-refractivity contribution in [3.63, 3.8) is 0 Å². The van der Waals surface area contributed by atoms with Crippen molar-refractivity contribution in [1.29, 1.82) is 0 Å². The number of aromatic nitrogens is 1. The summed E-state index contributed by atoms with van der Waals surface area (Å²) < 4.78 is 0. The van der Waals surface area contributed by atoms with Gasteiger partial charge in [-0.15, -0.1) is 11.3 Å². The minimum Gasteiger partial charge on any atom is -0.327 e. The molecule has 1 saturated heterocycles. The lowest BCUT2D eigenvalue weighted by atomic mass is 10.1. The van der Waals surface area contributed by atoms with E-state index >= 15 is 0 Å². The number of nitrogens with one attached hydrogen (secondary N) is 1. The maximum absolute atomic E-state index is 13.1. The van der Waals surface area contributed by atoms with E-state index in [0.717, 1.165) is 34.0 Å². The van der Waals surface area contributed by atoms with E-state index < -0.39 is 6.04 Å². The number of carbonyl (C=O) groups is 3. The van der Waals surface area contributed by atoms with Crippen LogP contribution in [0.4, 0.5) is 0 Å². The van der Waals surface area contributed by atoms with E-state index in [-0.39, 0.29) is 36.6 Å². The first-order valence-corrected chi connectivity index (χ1v) is 9.92. The zero-order valence-corrected chi connectivity index (χ0v) is 16.1. The average molecular weight is 383 g/mol. The van der Waals surface area contributed by atoms with Crippen LogP contribution in [-0.4, -0.2) is 39.7 Å². The van der Waals surface area contributed by atoms with Crippen molar-refractivity contribution in [1.82, 2.24) is 15.2 Å². The van der Waals surface area contributed by atoms with Crippen LogP contribution >= 0.6 is 11.3 Å². The third-order valence-corrected chi connectivity index (χ3v) is 5.92. The molecule has 7 heteroatoms. The van der Waals surface area contributed by atoms with Gasteiger partial charge in [0.2, 0.25) is 17.7 Å². The van der Waals surface area contributed by atoms with Crippen molar-refractivity contribution >= 4 is 29.1 Å². The molecule has 1 saturated carbocycles. The number of aryl methyl sites for hydroxylation is 2. The normalized spacial score (nSPS) is 19.3. The lowest BCUT2D eigenvalue weighted by Gasteiger charge is -2.26. The maximum Gasteiger partial charge on any atom is 0.249 e. The molecule has 1 aliphatic heterocycles. The predicted octanol–water partition coefficient (Wildman–Crippen LogP) is 2.38. The Labute approximate surface area is 161 Å². The van der Waals surface area contributed by atoms with Crippen LogP contribution in [0.25, 0.3) is 11.3 Å². The Balaban J connectivity index is 1.59. The standard InChI is InChI=1S/C20H21N3O3S/c1-11-3-5-13(6-4-11)19-16(27-12(2)21-19)10-18(25)23(14-7-8-14)15-9-17(24)22-20(15)26/h3-6,14-15H,7-10H2,1-2H3,(H,22,24,26)/t15-/m0/s1. The SMILES string of the molecule is Cc1ccc(-c2nc(C)sc2CC(=O)N(C2CC2)[C@H]2CC(=O)NC2=O)cc1. The van der Waals surface area contributed by atoms with Crippen molar-refractivity contribution < 1.29 is 14.4 Å². The molecule has 0 spiro atoms. The van der Waals surface area contributed by atoms with Crippen LogP contribution in [0.5, 0.6) is 0 Å². The van der Waals surface area contributed by atoms with Crippen LogP contribution < -0.4 is 5.32 Å². The molecule has 4 rings (SSSR count). The van der Waals surface area contributed by atoms with Gasteiger partial charge in [-0.05, 0) is 26.7 Å². The summed E-state index contributed by atoms with van der Waals surface area (Å²) >= 11 is 1.51. The van der Waals surface area contributed by atoms with Crippen molar-refractivity contribution in [2.75, 3.05) is 0 Å². The molecule has 2 aliphatic rings. The molecule has 0 radical (unpaired) electrons. The molecule has 2 aromatic rings. The molecule has 1 N–H and O–H groups in total. The van der Waals surface area contributed by atoms with Crippen LogP contribution in [0.2, 0.25) is 0 Å². The topological polar surface area (TPSA) is 79.4 Å². The summed E-state index contributed by atoms with van der Waals surface area (Å²) in [6.45, 7) is 3.96. The number of hydrogen-bond acceptors (Lipinski definition) is 5. The van der Waals surface area contributed by atoms with E-state index in [9.17, 15) is 14.4 Å². The molecular weight excluding hydrogens is 362 g/mol. The monoisotopic (exact) mass is 383 g/mol. The van der Waals surface area contributed by atoms with Gasteiger partial charge in [-0.25, -0.2) is 4.98 Å². The highest BCUT2D eigenvalue weighted by Gasteiger charge is 2.44. The zero-order chi connectivity index (χ0) is 19.1. The third kappa shape index (κ3) is 3.64. The fraction of sp³-hybridized carbons (Fsp3) is 0.400. The van der Waals surface area contributed by atoms with Gasteiger partial charge in [0.05, 0.1) is 23.5 Å². The molecule has 27 heavy (non-hydrogen) atoms. The van der Waals surface area contributed by atoms with E-state index in [4.69, 9.17) is 0 Å². The molecule has 0 unspecified atom stereocenters. The Morgan fingerprint density at radius 2 is 1.93 bits per heavy atom. The summed E-state index contributed by atoms with van der Waals surface area (Å²) in [7, 11) is 0. The second-order valence-electron chi connectivity index (χ2n) is 7.21. The van der Waals surface area contributed by atoms with Gasteiger partial charge in [-0.3, -0.25) is 19.7 Å². The lowest BCUT2D eigenvalue weighted by molar-refractivity contribution is -0.139. The molecule has 2 heterocycles. The second-order valence-corrected chi connectivity index (χ2v) is 8.50. The highest BCUT2D eigenvalue weighted by molar-refractivity contribution is 7.12. The summed E-state index contributed by atoms with van der Waals surface area (Å²) in [5.41, 5.74) is 2.98. The zero-order valence-electron chi connectivity index (χ0n) is 15.3. The van der Waals surface area contributed by atoms with Gasteiger partial charge in [0.15, 0.2) is 0 Å². The molecule has 0 bridgehead atoms. The Hall–Kier alpha value is -2.54. The Morgan fingerprint density at radius 3 is 2.52 bits per heavy atom. The first kappa shape index (κ1) is 17.9. The molecule has 1 aromatic heterocycles. The minimum absolute atomic E-state index is 0.0631. The van der Waals surface area contributed by atoms with Gasteiger partial charge in [-0.1, -0.05) is 29.8 Å². The summed E-state index contributed by atoms with van der Waals surface area (Å²) in [6.07, 6.45) is 2.03. The van der Waals surface area contributed by atoms with Crippen LogP contribution in [-0.2, 0) is 20.8 Å². The van der Waals surface area contributed by atoms with Crippen molar-refractivity contribution in [3.8, 4) is 11.3 Å². The number of amides is 3. The average Bonchev–Trinajstić information content (AvgIpc) is 3.29. The molecule has 3 amide bonds. The summed E-state index contributed by atoms with van der Waals surface area (Å²) in [6, 6.07) is 7.48. The summed E-state index contributed by atoms with van der Waals surface area (Å²) in [5, 5.41) is 3.22. The number of carbonyl (C=O) groups excluding carboxylic acids is 3. The van der Waals surface area contributed by atoms with Gasteiger partial charge in [0.1, 0.15) is 6.04 Å². The first-order chi connectivity index (χ1) is 12.9. The number of imide groups is 1. The first-order valence-electron chi connectivity index (χ1n) is 9.10. The number of thiazole rings is 1. The number of hydrogen-bond donors (Lipinski definition) is 1. The van der Waals surface area contributed by atoms with Crippen LogP contribution in [0.1, 0.15) is 34.7 Å². The number of nitrogens with zero attached hydrogens (tertiary/aromatic N) is 2. The molecule has 1 aromatic carbocycles. The molecular formula is C20H21N3O3S. The molecule has 6 nitrogen and oxygen atoms in total. The van der Waals surface area contributed by atoms with Crippen molar-refractivity contribution in [2.45, 2.75) is 51.6 Å². The van der Waals surface area contributed by atoms with E-state index in [1.165, 1.54) is 16.9 Å². The fourth-order valence-corrected chi connectivity index (χ4v) is 4.45. The third-order valence-electron chi connectivity index (χ3n) is 4.95.